The Morgan fingerprint density at radius 3 is 1.74 bits per heavy atom. The van der Waals surface area contributed by atoms with Gasteiger partial charge in [0.05, 0.1) is 25.2 Å². The molecule has 0 heterocycles. The van der Waals surface area contributed by atoms with Crippen LogP contribution in [-0.2, 0) is 19.1 Å². The van der Waals surface area contributed by atoms with Crippen LogP contribution >= 0.6 is 0 Å². The van der Waals surface area contributed by atoms with Crippen molar-refractivity contribution in [3.05, 3.63) is 0 Å². The Bertz CT molecular complexity index is 498. The second-order valence-corrected chi connectivity index (χ2v) is 9.83. The van der Waals surface area contributed by atoms with Crippen molar-refractivity contribution >= 4 is 11.9 Å². The lowest BCUT2D eigenvalue weighted by atomic mass is 9.94. The van der Waals surface area contributed by atoms with Crippen LogP contribution in [-0.4, -0.2) is 59.3 Å². The molecule has 0 bridgehead atoms. The number of rotatable bonds is 25. The maximum atomic E-state index is 12.7. The zero-order valence-corrected chi connectivity index (χ0v) is 22.6. The molecule has 0 aliphatic carbocycles. The highest BCUT2D eigenvalue weighted by molar-refractivity contribution is 5.73. The Morgan fingerprint density at radius 1 is 0.714 bits per heavy atom. The average Bonchev–Trinajstić information content (AvgIpc) is 2.86. The van der Waals surface area contributed by atoms with E-state index in [1.807, 2.05) is 0 Å². The van der Waals surface area contributed by atoms with Crippen LogP contribution in [0.5, 0.6) is 0 Å². The predicted molar refractivity (Wildman–Crippen MR) is 139 cm³/mol. The SMILES string of the molecule is CCCCCCCCCCC(=O)OCC(CO)OC(=O)C(CCCCCCCCC)CC(O)CO. The van der Waals surface area contributed by atoms with E-state index >= 15 is 0 Å². The third-order valence-corrected chi connectivity index (χ3v) is 6.41. The lowest BCUT2D eigenvalue weighted by Crippen LogP contribution is -2.33. The van der Waals surface area contributed by atoms with Gasteiger partial charge >= 0.3 is 11.9 Å². The highest BCUT2D eigenvalue weighted by atomic mass is 16.6. The molecule has 35 heavy (non-hydrogen) atoms. The van der Waals surface area contributed by atoms with E-state index in [0.717, 1.165) is 38.5 Å². The molecule has 0 spiro atoms. The Hall–Kier alpha value is -1.18. The van der Waals surface area contributed by atoms with Gasteiger partial charge in [0.25, 0.3) is 0 Å². The van der Waals surface area contributed by atoms with Gasteiger partial charge in [0.2, 0.25) is 0 Å². The van der Waals surface area contributed by atoms with E-state index in [4.69, 9.17) is 9.47 Å². The fourth-order valence-electron chi connectivity index (χ4n) is 4.13. The van der Waals surface area contributed by atoms with Crippen LogP contribution in [0.25, 0.3) is 0 Å². The van der Waals surface area contributed by atoms with Gasteiger partial charge in [-0.2, -0.15) is 0 Å². The van der Waals surface area contributed by atoms with E-state index in [1.165, 1.54) is 57.8 Å². The normalized spacial score (nSPS) is 13.9. The van der Waals surface area contributed by atoms with Gasteiger partial charge in [0.1, 0.15) is 6.61 Å². The third-order valence-electron chi connectivity index (χ3n) is 6.41. The van der Waals surface area contributed by atoms with Crippen molar-refractivity contribution in [1.82, 2.24) is 0 Å². The number of carbonyl (C=O) groups is 2. The number of hydrogen-bond acceptors (Lipinski definition) is 7. The van der Waals surface area contributed by atoms with Crippen LogP contribution < -0.4 is 0 Å². The van der Waals surface area contributed by atoms with E-state index in [1.54, 1.807) is 0 Å². The summed E-state index contributed by atoms with van der Waals surface area (Å²) in [6, 6.07) is 0. The van der Waals surface area contributed by atoms with Gasteiger partial charge in [-0.15, -0.1) is 0 Å². The predicted octanol–water partition coefficient (Wildman–Crippen LogP) is 5.46. The maximum absolute atomic E-state index is 12.7. The molecule has 0 aromatic rings. The van der Waals surface area contributed by atoms with Crippen molar-refractivity contribution in [2.45, 2.75) is 142 Å². The second kappa shape index (κ2) is 24.5. The first-order chi connectivity index (χ1) is 17.0. The first-order valence-electron chi connectivity index (χ1n) is 14.2. The molecule has 0 saturated carbocycles. The lowest BCUT2D eigenvalue weighted by molar-refractivity contribution is -0.166. The largest absolute Gasteiger partial charge is 0.462 e. The molecule has 0 aliphatic heterocycles. The number of unbranched alkanes of at least 4 members (excludes halogenated alkanes) is 13. The van der Waals surface area contributed by atoms with Crippen LogP contribution in [0.15, 0.2) is 0 Å². The molecular formula is C28H54O7. The van der Waals surface area contributed by atoms with Crippen molar-refractivity contribution in [2.75, 3.05) is 19.8 Å². The highest BCUT2D eigenvalue weighted by Gasteiger charge is 2.26. The summed E-state index contributed by atoms with van der Waals surface area (Å²) in [5.41, 5.74) is 0. The molecule has 0 rings (SSSR count). The van der Waals surface area contributed by atoms with Gasteiger partial charge in [-0.05, 0) is 19.3 Å². The molecule has 7 nitrogen and oxygen atoms in total. The quantitative estimate of drug-likeness (QED) is 0.112. The van der Waals surface area contributed by atoms with Crippen LogP contribution in [0.1, 0.15) is 129 Å². The van der Waals surface area contributed by atoms with Crippen molar-refractivity contribution < 1.29 is 34.4 Å². The molecule has 208 valence electrons. The minimum absolute atomic E-state index is 0.113. The standard InChI is InChI=1S/C28H54O7/c1-3-5-7-9-11-13-15-17-19-27(32)34-23-26(22-30)35-28(33)24(20-25(31)21-29)18-16-14-12-10-8-6-4-2/h24-26,29-31H,3-23H2,1-2H3. The fourth-order valence-corrected chi connectivity index (χ4v) is 4.13. The van der Waals surface area contributed by atoms with E-state index < -0.39 is 37.3 Å². The van der Waals surface area contributed by atoms with Crippen molar-refractivity contribution in [3.63, 3.8) is 0 Å². The molecule has 7 heteroatoms. The zero-order chi connectivity index (χ0) is 26.2. The Morgan fingerprint density at radius 2 is 1.23 bits per heavy atom. The van der Waals surface area contributed by atoms with Gasteiger partial charge < -0.3 is 24.8 Å². The smallest absolute Gasteiger partial charge is 0.309 e. The minimum Gasteiger partial charge on any atom is -0.462 e. The molecular weight excluding hydrogens is 448 g/mol. The summed E-state index contributed by atoms with van der Waals surface area (Å²) in [5, 5.41) is 28.6. The summed E-state index contributed by atoms with van der Waals surface area (Å²) in [6.45, 7) is 3.35. The molecule has 3 unspecified atom stereocenters. The van der Waals surface area contributed by atoms with Crippen molar-refractivity contribution in [1.29, 1.82) is 0 Å². The van der Waals surface area contributed by atoms with E-state index in [0.29, 0.717) is 12.8 Å². The van der Waals surface area contributed by atoms with E-state index in [9.17, 15) is 24.9 Å². The molecule has 0 aromatic heterocycles. The summed E-state index contributed by atoms with van der Waals surface area (Å²) in [4.78, 5) is 24.7. The molecule has 0 fully saturated rings. The number of hydrogen-bond donors (Lipinski definition) is 3. The minimum atomic E-state index is -0.992. The van der Waals surface area contributed by atoms with E-state index in [-0.39, 0.29) is 19.0 Å². The van der Waals surface area contributed by atoms with E-state index in [2.05, 4.69) is 13.8 Å². The number of carbonyl (C=O) groups excluding carboxylic acids is 2. The number of esters is 2. The lowest BCUT2D eigenvalue weighted by Gasteiger charge is -2.22. The van der Waals surface area contributed by atoms with Gasteiger partial charge in [-0.25, -0.2) is 0 Å². The average molecular weight is 503 g/mol. The molecule has 0 aliphatic rings. The number of ether oxygens (including phenoxy) is 2. The Balaban J connectivity index is 4.28. The summed E-state index contributed by atoms with van der Waals surface area (Å²) < 4.78 is 10.6. The van der Waals surface area contributed by atoms with Crippen LogP contribution in [0.2, 0.25) is 0 Å². The van der Waals surface area contributed by atoms with Crippen LogP contribution in [0.3, 0.4) is 0 Å². The van der Waals surface area contributed by atoms with Gasteiger partial charge in [0, 0.05) is 6.42 Å². The van der Waals surface area contributed by atoms with Gasteiger partial charge in [0.15, 0.2) is 6.10 Å². The summed E-state index contributed by atoms with van der Waals surface area (Å²) in [6.07, 6.45) is 16.0. The van der Waals surface area contributed by atoms with Crippen molar-refractivity contribution in [3.8, 4) is 0 Å². The third kappa shape index (κ3) is 20.7. The first kappa shape index (κ1) is 33.8. The summed E-state index contributed by atoms with van der Waals surface area (Å²) in [5.74, 6) is -1.43. The molecule has 3 atom stereocenters. The van der Waals surface area contributed by atoms with Crippen LogP contribution in [0, 0.1) is 5.92 Å². The fraction of sp³-hybridized carbons (Fsp3) is 0.929. The molecule has 0 radical (unpaired) electrons. The Labute approximate surface area is 214 Å². The van der Waals surface area contributed by atoms with Gasteiger partial charge in [-0.1, -0.05) is 104 Å². The molecule has 0 aromatic carbocycles. The van der Waals surface area contributed by atoms with Gasteiger partial charge in [-0.3, -0.25) is 9.59 Å². The van der Waals surface area contributed by atoms with Crippen LogP contribution in [0.4, 0.5) is 0 Å². The molecule has 0 amide bonds. The number of aliphatic hydroxyl groups excluding tert-OH is 3. The monoisotopic (exact) mass is 502 g/mol. The Kier molecular flexibility index (Phi) is 23.7. The first-order valence-corrected chi connectivity index (χ1v) is 14.2. The highest BCUT2D eigenvalue weighted by Crippen LogP contribution is 2.20. The topological polar surface area (TPSA) is 113 Å². The zero-order valence-electron chi connectivity index (χ0n) is 22.6. The second-order valence-electron chi connectivity index (χ2n) is 9.83. The maximum Gasteiger partial charge on any atom is 0.309 e. The number of aliphatic hydroxyl groups is 3. The molecule has 0 saturated heterocycles. The summed E-state index contributed by atoms with van der Waals surface area (Å²) in [7, 11) is 0. The molecule has 3 N–H and O–H groups in total. The summed E-state index contributed by atoms with van der Waals surface area (Å²) >= 11 is 0. The van der Waals surface area contributed by atoms with Crippen molar-refractivity contribution in [2.24, 2.45) is 5.92 Å².